The van der Waals surface area contributed by atoms with Gasteiger partial charge in [-0.1, -0.05) is 33.1 Å². The lowest BCUT2D eigenvalue weighted by atomic mass is 10.0. The maximum Gasteiger partial charge on any atom is 0.0634 e. The molecule has 2 aliphatic heterocycles. The van der Waals surface area contributed by atoms with Crippen molar-refractivity contribution in [3.05, 3.63) is 0 Å². The van der Waals surface area contributed by atoms with Gasteiger partial charge in [-0.05, 0) is 90.1 Å². The van der Waals surface area contributed by atoms with Gasteiger partial charge < -0.3 is 10.1 Å². The summed E-state index contributed by atoms with van der Waals surface area (Å²) < 4.78 is 5.92. The molecule has 0 aromatic rings. The number of rotatable bonds is 15. The highest BCUT2D eigenvalue weighted by Crippen LogP contribution is 2.21. The van der Waals surface area contributed by atoms with Gasteiger partial charge in [0.05, 0.1) is 6.17 Å². The van der Waals surface area contributed by atoms with Crippen LogP contribution in [-0.4, -0.2) is 68.4 Å². The van der Waals surface area contributed by atoms with Crippen LogP contribution in [0.5, 0.6) is 0 Å². The van der Waals surface area contributed by atoms with Crippen LogP contribution >= 0.6 is 0 Å². The minimum absolute atomic E-state index is 0.688. The molecular weight excluding hydrogens is 322 g/mol. The molecule has 4 nitrogen and oxygen atoms in total. The van der Waals surface area contributed by atoms with Crippen LogP contribution in [0.1, 0.15) is 78.1 Å². The highest BCUT2D eigenvalue weighted by Gasteiger charge is 2.28. The lowest BCUT2D eigenvalue weighted by Crippen LogP contribution is -2.47. The summed E-state index contributed by atoms with van der Waals surface area (Å²) in [6.07, 6.45) is 13.9. The molecule has 0 saturated carbocycles. The molecule has 2 aliphatic rings. The Labute approximate surface area is 163 Å². The van der Waals surface area contributed by atoms with E-state index in [9.17, 15) is 0 Å². The van der Waals surface area contributed by atoms with Gasteiger partial charge in [0.2, 0.25) is 0 Å². The normalized spacial score (nSPS) is 20.4. The van der Waals surface area contributed by atoms with Crippen molar-refractivity contribution < 1.29 is 4.74 Å². The van der Waals surface area contributed by atoms with Gasteiger partial charge in [0.25, 0.3) is 0 Å². The van der Waals surface area contributed by atoms with E-state index in [1.165, 1.54) is 84.0 Å². The lowest BCUT2D eigenvalue weighted by Gasteiger charge is -2.35. The van der Waals surface area contributed by atoms with Crippen LogP contribution in [0.25, 0.3) is 0 Å². The second-order valence-electron chi connectivity index (χ2n) is 8.35. The molecule has 2 fully saturated rings. The number of nitrogens with one attached hydrogen (secondary N) is 1. The third kappa shape index (κ3) is 8.24. The zero-order valence-corrected chi connectivity index (χ0v) is 17.7. The molecule has 0 aromatic heterocycles. The number of hydrogen-bond donors (Lipinski definition) is 1. The lowest BCUT2D eigenvalue weighted by molar-refractivity contribution is 0.0713. The average Bonchev–Trinajstić information content (AvgIpc) is 3.37. The smallest absolute Gasteiger partial charge is 0.0634 e. The van der Waals surface area contributed by atoms with E-state index in [1.54, 1.807) is 0 Å². The van der Waals surface area contributed by atoms with Crippen molar-refractivity contribution in [2.45, 2.75) is 84.2 Å². The molecule has 4 heteroatoms. The van der Waals surface area contributed by atoms with Crippen LogP contribution in [-0.2, 0) is 4.74 Å². The summed E-state index contributed by atoms with van der Waals surface area (Å²) in [4.78, 5) is 5.47. The number of hydrogen-bond acceptors (Lipinski definition) is 4. The minimum Gasteiger partial charge on any atom is -0.381 e. The van der Waals surface area contributed by atoms with Crippen molar-refractivity contribution >= 4 is 0 Å². The predicted octanol–water partition coefficient (Wildman–Crippen LogP) is 4.11. The van der Waals surface area contributed by atoms with E-state index < -0.39 is 0 Å². The molecule has 1 atom stereocenters. The van der Waals surface area contributed by atoms with E-state index in [2.05, 4.69) is 29.0 Å². The fourth-order valence-electron chi connectivity index (χ4n) is 4.48. The van der Waals surface area contributed by atoms with Gasteiger partial charge in [-0.25, -0.2) is 0 Å². The summed E-state index contributed by atoms with van der Waals surface area (Å²) in [5.41, 5.74) is 0. The Morgan fingerprint density at radius 1 is 0.846 bits per heavy atom. The van der Waals surface area contributed by atoms with Crippen LogP contribution in [0.4, 0.5) is 0 Å². The monoisotopic (exact) mass is 367 g/mol. The maximum absolute atomic E-state index is 5.92. The molecule has 2 rings (SSSR count). The molecule has 154 valence electrons. The van der Waals surface area contributed by atoms with E-state index >= 15 is 0 Å². The summed E-state index contributed by atoms with van der Waals surface area (Å²) in [5, 5.41) is 3.67. The minimum atomic E-state index is 0.688. The van der Waals surface area contributed by atoms with Crippen LogP contribution in [0.15, 0.2) is 0 Å². The van der Waals surface area contributed by atoms with Gasteiger partial charge in [0.1, 0.15) is 0 Å². The molecule has 0 spiro atoms. The zero-order valence-electron chi connectivity index (χ0n) is 17.7. The molecule has 0 aliphatic carbocycles. The highest BCUT2D eigenvalue weighted by molar-refractivity contribution is 4.81. The first-order valence-electron chi connectivity index (χ1n) is 11.6. The fraction of sp³-hybridized carbons (Fsp3) is 1.00. The van der Waals surface area contributed by atoms with E-state index in [1.807, 2.05) is 0 Å². The van der Waals surface area contributed by atoms with Crippen LogP contribution in [0.2, 0.25) is 0 Å². The van der Waals surface area contributed by atoms with E-state index in [4.69, 9.17) is 4.74 Å². The quantitative estimate of drug-likeness (QED) is 0.441. The Kier molecular flexibility index (Phi) is 11.9. The van der Waals surface area contributed by atoms with E-state index in [-0.39, 0.29) is 0 Å². The number of ether oxygens (including phenoxy) is 1. The second-order valence-corrected chi connectivity index (χ2v) is 8.35. The molecule has 0 amide bonds. The summed E-state index contributed by atoms with van der Waals surface area (Å²) in [6, 6.07) is 0. The Bertz CT molecular complexity index is 311. The first-order valence-corrected chi connectivity index (χ1v) is 11.6. The highest BCUT2D eigenvalue weighted by atomic mass is 16.5. The van der Waals surface area contributed by atoms with Crippen molar-refractivity contribution in [3.8, 4) is 0 Å². The Hall–Kier alpha value is -0.160. The molecule has 0 bridgehead atoms. The fourth-order valence-corrected chi connectivity index (χ4v) is 4.48. The second kappa shape index (κ2) is 13.9. The van der Waals surface area contributed by atoms with E-state index in [0.29, 0.717) is 6.17 Å². The molecule has 0 radical (unpaired) electrons. The first kappa shape index (κ1) is 22.1. The van der Waals surface area contributed by atoms with Gasteiger partial charge in [-0.2, -0.15) is 0 Å². The van der Waals surface area contributed by atoms with Gasteiger partial charge in [0, 0.05) is 13.2 Å². The largest absolute Gasteiger partial charge is 0.381 e. The summed E-state index contributed by atoms with van der Waals surface area (Å²) >= 11 is 0. The van der Waals surface area contributed by atoms with Crippen LogP contribution < -0.4 is 5.32 Å². The molecule has 0 aromatic carbocycles. The van der Waals surface area contributed by atoms with E-state index in [0.717, 1.165) is 38.6 Å². The van der Waals surface area contributed by atoms with Crippen molar-refractivity contribution in [1.82, 2.24) is 15.1 Å². The van der Waals surface area contributed by atoms with Gasteiger partial charge in [-0.3, -0.25) is 9.80 Å². The van der Waals surface area contributed by atoms with Crippen LogP contribution in [0.3, 0.4) is 0 Å². The number of likely N-dealkylation sites (tertiary alicyclic amines) is 2. The third-order valence-corrected chi connectivity index (χ3v) is 6.24. The standard InChI is InChI=1S/C22H45N3O/c1-3-5-11-21(4-2)20-26-19-10-13-23-14-12-22(24-15-6-7-16-24)25-17-8-9-18-25/h21-23H,3-20H2,1-2H3. The Balaban J connectivity index is 1.50. The first-order chi connectivity index (χ1) is 12.8. The Morgan fingerprint density at radius 2 is 1.50 bits per heavy atom. The SMILES string of the molecule is CCCCC(CC)COCCCNCCC(N1CCCC1)N1CCCC1. The molecule has 2 heterocycles. The molecular formula is C22H45N3O. The molecule has 2 saturated heterocycles. The molecule has 26 heavy (non-hydrogen) atoms. The molecule has 1 N–H and O–H groups in total. The number of nitrogens with zero attached hydrogens (tertiary/aromatic N) is 2. The topological polar surface area (TPSA) is 27.7 Å². The van der Waals surface area contributed by atoms with Crippen molar-refractivity contribution in [2.24, 2.45) is 5.92 Å². The summed E-state index contributed by atoms with van der Waals surface area (Å²) in [5.74, 6) is 0.768. The van der Waals surface area contributed by atoms with Gasteiger partial charge >= 0.3 is 0 Å². The Morgan fingerprint density at radius 3 is 2.08 bits per heavy atom. The van der Waals surface area contributed by atoms with Crippen molar-refractivity contribution in [3.63, 3.8) is 0 Å². The van der Waals surface area contributed by atoms with Crippen molar-refractivity contribution in [1.29, 1.82) is 0 Å². The van der Waals surface area contributed by atoms with Crippen molar-refractivity contribution in [2.75, 3.05) is 52.5 Å². The average molecular weight is 368 g/mol. The van der Waals surface area contributed by atoms with Gasteiger partial charge in [0.15, 0.2) is 0 Å². The van der Waals surface area contributed by atoms with Gasteiger partial charge in [-0.15, -0.1) is 0 Å². The summed E-state index contributed by atoms with van der Waals surface area (Å²) in [6.45, 7) is 13.9. The summed E-state index contributed by atoms with van der Waals surface area (Å²) in [7, 11) is 0. The zero-order chi connectivity index (χ0) is 18.5. The predicted molar refractivity (Wildman–Crippen MR) is 112 cm³/mol. The third-order valence-electron chi connectivity index (χ3n) is 6.24. The molecule has 1 unspecified atom stereocenters. The maximum atomic E-state index is 5.92. The number of unbranched alkanes of at least 4 members (excludes halogenated alkanes) is 1. The van der Waals surface area contributed by atoms with Crippen LogP contribution in [0, 0.1) is 5.92 Å².